The summed E-state index contributed by atoms with van der Waals surface area (Å²) < 4.78 is 1.59. The predicted octanol–water partition coefficient (Wildman–Crippen LogP) is 3.27. The molecule has 2 aromatic carbocycles. The van der Waals surface area contributed by atoms with Gasteiger partial charge in [-0.25, -0.2) is 19.9 Å². The standard InChI is InChI=1S/C22H19N7OS/c1-11-6-3-4-9-14(11)29-21(26-13-8-5-7-12(2)15(13)22(29)30)17(31)20-27-18(23)16-19(28-20)25-10-24-16/h3-10,17,31H,1-2H3,(H3,23,24,25,27,28). The van der Waals surface area contributed by atoms with E-state index in [0.29, 0.717) is 33.7 Å². The minimum absolute atomic E-state index is 0.166. The second-order valence-corrected chi connectivity index (χ2v) is 7.85. The van der Waals surface area contributed by atoms with Gasteiger partial charge in [0.15, 0.2) is 17.3 Å². The fourth-order valence-corrected chi connectivity index (χ4v) is 4.04. The van der Waals surface area contributed by atoms with Gasteiger partial charge in [0, 0.05) is 0 Å². The van der Waals surface area contributed by atoms with Crippen molar-refractivity contribution in [3.8, 4) is 5.69 Å². The fraction of sp³-hybridized carbons (Fsp3) is 0.136. The van der Waals surface area contributed by atoms with Crippen LogP contribution in [0.25, 0.3) is 27.8 Å². The Kier molecular flexibility index (Phi) is 4.48. The van der Waals surface area contributed by atoms with E-state index in [1.165, 1.54) is 6.33 Å². The lowest BCUT2D eigenvalue weighted by atomic mass is 10.1. The Hall–Kier alpha value is -3.72. The molecule has 154 valence electrons. The number of hydrogen-bond donors (Lipinski definition) is 3. The van der Waals surface area contributed by atoms with Crippen LogP contribution in [-0.4, -0.2) is 29.5 Å². The number of aromatic amines is 1. The van der Waals surface area contributed by atoms with Crippen LogP contribution < -0.4 is 11.3 Å². The van der Waals surface area contributed by atoms with Crippen molar-refractivity contribution in [2.45, 2.75) is 19.1 Å². The van der Waals surface area contributed by atoms with E-state index in [4.69, 9.17) is 23.3 Å². The third kappa shape index (κ3) is 3.05. The summed E-state index contributed by atoms with van der Waals surface area (Å²) in [5, 5.41) is -0.140. The Morgan fingerprint density at radius 1 is 1.03 bits per heavy atom. The van der Waals surface area contributed by atoms with Crippen molar-refractivity contribution in [1.82, 2.24) is 29.5 Å². The molecule has 8 nitrogen and oxygen atoms in total. The van der Waals surface area contributed by atoms with Gasteiger partial charge in [-0.1, -0.05) is 30.3 Å². The number of fused-ring (bicyclic) bond motifs is 2. The molecule has 3 aromatic heterocycles. The zero-order valence-electron chi connectivity index (χ0n) is 16.9. The van der Waals surface area contributed by atoms with Crippen molar-refractivity contribution >= 4 is 40.5 Å². The maximum atomic E-state index is 13.7. The summed E-state index contributed by atoms with van der Waals surface area (Å²) in [6, 6.07) is 13.3. The number of anilines is 1. The highest BCUT2D eigenvalue weighted by molar-refractivity contribution is 7.80. The van der Waals surface area contributed by atoms with E-state index >= 15 is 0 Å². The zero-order valence-corrected chi connectivity index (χ0v) is 17.8. The molecular weight excluding hydrogens is 410 g/mol. The lowest BCUT2D eigenvalue weighted by molar-refractivity contribution is 0.807. The van der Waals surface area contributed by atoms with Crippen molar-refractivity contribution in [3.63, 3.8) is 0 Å². The fourth-order valence-electron chi connectivity index (χ4n) is 3.75. The van der Waals surface area contributed by atoms with Gasteiger partial charge >= 0.3 is 0 Å². The normalized spacial score (nSPS) is 12.5. The summed E-state index contributed by atoms with van der Waals surface area (Å²) in [7, 11) is 0. The highest BCUT2D eigenvalue weighted by Gasteiger charge is 2.24. The molecule has 0 saturated carbocycles. The van der Waals surface area contributed by atoms with Gasteiger partial charge in [-0.05, 0) is 37.1 Å². The van der Waals surface area contributed by atoms with E-state index in [0.717, 1.165) is 16.8 Å². The van der Waals surface area contributed by atoms with Gasteiger partial charge in [-0.2, -0.15) is 12.6 Å². The number of imidazole rings is 1. The highest BCUT2D eigenvalue weighted by atomic mass is 32.1. The summed E-state index contributed by atoms with van der Waals surface area (Å²) in [6.45, 7) is 3.85. The van der Waals surface area contributed by atoms with Gasteiger partial charge in [0.1, 0.15) is 16.6 Å². The monoisotopic (exact) mass is 429 g/mol. The molecule has 3 N–H and O–H groups in total. The molecule has 0 radical (unpaired) electrons. The van der Waals surface area contributed by atoms with E-state index in [1.807, 2.05) is 56.3 Å². The third-order valence-corrected chi connectivity index (χ3v) is 5.77. The summed E-state index contributed by atoms with van der Waals surface area (Å²) in [4.78, 5) is 34.5. The first kappa shape index (κ1) is 19.3. The molecule has 3 heterocycles. The van der Waals surface area contributed by atoms with Crippen LogP contribution in [0.15, 0.2) is 53.6 Å². The number of aryl methyl sites for hydroxylation is 2. The number of thiol groups is 1. The lowest BCUT2D eigenvalue weighted by Gasteiger charge is -2.19. The average molecular weight is 430 g/mol. The summed E-state index contributed by atoms with van der Waals surface area (Å²) in [5.41, 5.74) is 10.0. The Labute approximate surface area is 182 Å². The van der Waals surface area contributed by atoms with Crippen LogP contribution in [0.1, 0.15) is 28.0 Å². The number of benzene rings is 2. The van der Waals surface area contributed by atoms with Crippen molar-refractivity contribution in [2.24, 2.45) is 0 Å². The zero-order chi connectivity index (χ0) is 21.7. The van der Waals surface area contributed by atoms with Gasteiger partial charge in [0.05, 0.1) is 22.9 Å². The highest BCUT2D eigenvalue weighted by Crippen LogP contribution is 2.29. The number of H-pyrrole nitrogens is 1. The predicted molar refractivity (Wildman–Crippen MR) is 124 cm³/mol. The molecule has 0 aliphatic rings. The molecule has 1 atom stereocenters. The second kappa shape index (κ2) is 7.21. The third-order valence-electron chi connectivity index (χ3n) is 5.31. The van der Waals surface area contributed by atoms with Crippen molar-refractivity contribution < 1.29 is 0 Å². The number of nitrogens with zero attached hydrogens (tertiary/aromatic N) is 5. The molecule has 0 aliphatic carbocycles. The number of nitrogens with one attached hydrogen (secondary N) is 1. The van der Waals surface area contributed by atoms with Crippen LogP contribution in [0, 0.1) is 13.8 Å². The Bertz CT molecular complexity index is 1520. The van der Waals surface area contributed by atoms with Crippen molar-refractivity contribution in [1.29, 1.82) is 0 Å². The molecule has 0 fully saturated rings. The first-order valence-electron chi connectivity index (χ1n) is 9.68. The maximum Gasteiger partial charge on any atom is 0.266 e. The molecule has 1 unspecified atom stereocenters. The largest absolute Gasteiger partial charge is 0.382 e. The maximum absolute atomic E-state index is 13.7. The number of hydrogen-bond acceptors (Lipinski definition) is 7. The van der Waals surface area contributed by atoms with Crippen LogP contribution >= 0.6 is 12.6 Å². The molecular formula is C22H19N7OS. The molecule has 5 rings (SSSR count). The van der Waals surface area contributed by atoms with Crippen LogP contribution in [0.4, 0.5) is 5.82 Å². The second-order valence-electron chi connectivity index (χ2n) is 7.34. The molecule has 0 aliphatic heterocycles. The number of nitrogen functional groups attached to an aromatic ring is 1. The molecule has 0 amide bonds. The minimum Gasteiger partial charge on any atom is -0.382 e. The first-order chi connectivity index (χ1) is 15.0. The van der Waals surface area contributed by atoms with Crippen LogP contribution in [0.5, 0.6) is 0 Å². The smallest absolute Gasteiger partial charge is 0.266 e. The van der Waals surface area contributed by atoms with E-state index in [9.17, 15) is 4.79 Å². The number of aromatic nitrogens is 6. The van der Waals surface area contributed by atoms with Crippen LogP contribution in [0.3, 0.4) is 0 Å². The van der Waals surface area contributed by atoms with Gasteiger partial charge in [0.2, 0.25) is 0 Å². The number of para-hydroxylation sites is 1. The minimum atomic E-state index is -0.708. The van der Waals surface area contributed by atoms with E-state index < -0.39 is 5.25 Å². The van der Waals surface area contributed by atoms with Crippen molar-refractivity contribution in [3.05, 3.63) is 81.9 Å². The van der Waals surface area contributed by atoms with E-state index in [2.05, 4.69) is 19.9 Å². The van der Waals surface area contributed by atoms with E-state index in [1.54, 1.807) is 4.57 Å². The topological polar surface area (TPSA) is 115 Å². The molecule has 0 spiro atoms. The van der Waals surface area contributed by atoms with Gasteiger partial charge in [-0.15, -0.1) is 0 Å². The van der Waals surface area contributed by atoms with Crippen molar-refractivity contribution in [2.75, 3.05) is 5.73 Å². The number of nitrogens with two attached hydrogens (primary N) is 1. The number of rotatable bonds is 3. The van der Waals surface area contributed by atoms with Gasteiger partial charge in [0.25, 0.3) is 5.56 Å². The summed E-state index contributed by atoms with van der Waals surface area (Å²) in [5.74, 6) is 0.995. The average Bonchev–Trinajstić information content (AvgIpc) is 3.23. The van der Waals surface area contributed by atoms with Crippen LogP contribution in [0.2, 0.25) is 0 Å². The molecule has 0 bridgehead atoms. The van der Waals surface area contributed by atoms with Gasteiger partial charge < -0.3 is 10.7 Å². The lowest BCUT2D eigenvalue weighted by Crippen LogP contribution is -2.26. The first-order valence-corrected chi connectivity index (χ1v) is 10.2. The molecule has 9 heteroatoms. The Balaban J connectivity index is 1.84. The quantitative estimate of drug-likeness (QED) is 0.379. The van der Waals surface area contributed by atoms with E-state index in [-0.39, 0.29) is 11.4 Å². The van der Waals surface area contributed by atoms with Crippen LogP contribution in [-0.2, 0) is 0 Å². The molecule has 31 heavy (non-hydrogen) atoms. The SMILES string of the molecule is Cc1ccccc1-n1c(C(S)c2nc(N)c3[nH]cnc3n2)nc2cccc(C)c2c1=O. The summed E-state index contributed by atoms with van der Waals surface area (Å²) in [6.07, 6.45) is 1.51. The van der Waals surface area contributed by atoms with Gasteiger partial charge in [-0.3, -0.25) is 9.36 Å². The Morgan fingerprint density at radius 3 is 2.61 bits per heavy atom. The molecule has 0 saturated heterocycles. The molecule has 5 aromatic rings. The Morgan fingerprint density at radius 2 is 1.81 bits per heavy atom. The summed E-state index contributed by atoms with van der Waals surface area (Å²) >= 11 is 4.77.